The van der Waals surface area contributed by atoms with E-state index >= 15 is 0 Å². The first kappa shape index (κ1) is 19.9. The summed E-state index contributed by atoms with van der Waals surface area (Å²) in [5.41, 5.74) is 5.49. The molecule has 4 rings (SSSR count). The Hall–Kier alpha value is -2.38. The van der Waals surface area contributed by atoms with Gasteiger partial charge in [0.25, 0.3) is 0 Å². The fourth-order valence-corrected chi connectivity index (χ4v) is 4.58. The van der Waals surface area contributed by atoms with E-state index in [2.05, 4.69) is 40.6 Å². The van der Waals surface area contributed by atoms with Crippen molar-refractivity contribution in [2.24, 2.45) is 11.3 Å². The monoisotopic (exact) mass is 398 g/mol. The van der Waals surface area contributed by atoms with Gasteiger partial charge in [-0.2, -0.15) is 0 Å². The number of nitrogens with one attached hydrogen (secondary N) is 2. The lowest BCUT2D eigenvalue weighted by molar-refractivity contribution is -0.144. The van der Waals surface area contributed by atoms with Gasteiger partial charge in [0.05, 0.1) is 12.0 Å². The van der Waals surface area contributed by atoms with Crippen LogP contribution < -0.4 is 15.7 Å². The number of carbonyl (C=O) groups is 2. The lowest BCUT2D eigenvalue weighted by Gasteiger charge is -2.38. The maximum absolute atomic E-state index is 13.2. The number of hydroxylamine groups is 1. The van der Waals surface area contributed by atoms with Crippen LogP contribution in [-0.2, 0) is 9.59 Å². The average Bonchev–Trinajstić information content (AvgIpc) is 3.51. The van der Waals surface area contributed by atoms with E-state index in [-0.39, 0.29) is 11.3 Å². The van der Waals surface area contributed by atoms with E-state index in [1.54, 1.807) is 5.48 Å². The van der Waals surface area contributed by atoms with Gasteiger partial charge in [0.15, 0.2) is 0 Å². The standard InChI is InChI=1S/C22H30N4O3/c1-25(2)17-5-3-4-16(12-17)15-6-10-26(11-7-15)21(28)19-18(20(27)24-29)13-22(8-9-22)14-23-19/h3-6,12,18-19,23,29H,7-11,13-14H2,1-2H3,(H,24,27)/t18-,19-/m0/s1. The number of piperidine rings is 1. The van der Waals surface area contributed by atoms with Crippen LogP contribution in [0, 0.1) is 11.3 Å². The van der Waals surface area contributed by atoms with Crippen molar-refractivity contribution < 1.29 is 14.8 Å². The Morgan fingerprint density at radius 1 is 1.31 bits per heavy atom. The maximum Gasteiger partial charge on any atom is 0.248 e. The lowest BCUT2D eigenvalue weighted by Crippen LogP contribution is -2.59. The molecule has 0 aromatic heterocycles. The maximum atomic E-state index is 13.2. The number of benzene rings is 1. The zero-order chi connectivity index (χ0) is 20.6. The lowest BCUT2D eigenvalue weighted by atomic mass is 9.81. The molecule has 1 spiro atoms. The number of amides is 2. The Morgan fingerprint density at radius 3 is 2.72 bits per heavy atom. The number of nitrogens with zero attached hydrogens (tertiary/aromatic N) is 2. The van der Waals surface area contributed by atoms with Gasteiger partial charge in [0.2, 0.25) is 11.8 Å². The summed E-state index contributed by atoms with van der Waals surface area (Å²) in [5.74, 6) is -1.03. The van der Waals surface area contributed by atoms with Crippen molar-refractivity contribution in [3.05, 3.63) is 35.9 Å². The van der Waals surface area contributed by atoms with Crippen LogP contribution >= 0.6 is 0 Å². The predicted octanol–water partition coefficient (Wildman–Crippen LogP) is 1.63. The summed E-state index contributed by atoms with van der Waals surface area (Å²) >= 11 is 0. The Bertz CT molecular complexity index is 831. The second-order valence-electron chi connectivity index (χ2n) is 8.85. The van der Waals surface area contributed by atoms with Crippen molar-refractivity contribution in [2.45, 2.75) is 31.7 Å². The Kier molecular flexibility index (Phi) is 5.36. The molecule has 1 saturated heterocycles. The van der Waals surface area contributed by atoms with Gasteiger partial charge in [-0.3, -0.25) is 14.8 Å². The molecule has 2 heterocycles. The van der Waals surface area contributed by atoms with Crippen LogP contribution in [-0.4, -0.2) is 61.7 Å². The van der Waals surface area contributed by atoms with E-state index < -0.39 is 17.9 Å². The highest BCUT2D eigenvalue weighted by molar-refractivity contribution is 5.90. The van der Waals surface area contributed by atoms with Crippen molar-refractivity contribution in [3.8, 4) is 0 Å². The summed E-state index contributed by atoms with van der Waals surface area (Å²) in [6, 6.07) is 7.84. The fourth-order valence-electron chi connectivity index (χ4n) is 4.58. The van der Waals surface area contributed by atoms with Crippen molar-refractivity contribution in [3.63, 3.8) is 0 Å². The van der Waals surface area contributed by atoms with Crippen LogP contribution in [0.25, 0.3) is 5.57 Å². The molecule has 1 saturated carbocycles. The van der Waals surface area contributed by atoms with E-state index in [0.717, 1.165) is 31.5 Å². The highest BCUT2D eigenvalue weighted by Crippen LogP contribution is 2.52. The van der Waals surface area contributed by atoms with Gasteiger partial charge in [-0.1, -0.05) is 18.2 Å². The molecule has 1 aliphatic carbocycles. The minimum atomic E-state index is -0.569. The van der Waals surface area contributed by atoms with E-state index in [0.29, 0.717) is 19.5 Å². The van der Waals surface area contributed by atoms with E-state index in [9.17, 15) is 9.59 Å². The highest BCUT2D eigenvalue weighted by atomic mass is 16.5. The van der Waals surface area contributed by atoms with E-state index in [4.69, 9.17) is 5.21 Å². The van der Waals surface area contributed by atoms with Crippen molar-refractivity contribution in [2.75, 3.05) is 38.6 Å². The largest absolute Gasteiger partial charge is 0.378 e. The third-order valence-corrected chi connectivity index (χ3v) is 6.68. The van der Waals surface area contributed by atoms with Crippen LogP contribution in [0.2, 0.25) is 0 Å². The molecule has 3 N–H and O–H groups in total. The van der Waals surface area contributed by atoms with Gasteiger partial charge in [-0.05, 0) is 54.4 Å². The average molecular weight is 399 g/mol. The molecular weight excluding hydrogens is 368 g/mol. The molecule has 2 amide bonds. The Labute approximate surface area is 171 Å². The fraction of sp³-hybridized carbons (Fsp3) is 0.545. The molecule has 156 valence electrons. The highest BCUT2D eigenvalue weighted by Gasteiger charge is 2.52. The number of hydrogen-bond donors (Lipinski definition) is 3. The molecule has 0 bridgehead atoms. The molecule has 2 fully saturated rings. The summed E-state index contributed by atoms with van der Waals surface area (Å²) in [6.45, 7) is 1.94. The summed E-state index contributed by atoms with van der Waals surface area (Å²) in [6.07, 6.45) is 5.73. The minimum Gasteiger partial charge on any atom is -0.378 e. The molecule has 0 radical (unpaired) electrons. The van der Waals surface area contributed by atoms with Gasteiger partial charge in [0, 0.05) is 39.4 Å². The van der Waals surface area contributed by atoms with Crippen molar-refractivity contribution in [1.82, 2.24) is 15.7 Å². The molecule has 0 unspecified atom stereocenters. The van der Waals surface area contributed by atoms with Crippen LogP contribution in [0.1, 0.15) is 31.2 Å². The molecule has 1 aromatic carbocycles. The number of hydrogen-bond acceptors (Lipinski definition) is 5. The topological polar surface area (TPSA) is 84.9 Å². The first-order valence-corrected chi connectivity index (χ1v) is 10.4. The quantitative estimate of drug-likeness (QED) is 0.530. The van der Waals surface area contributed by atoms with Gasteiger partial charge in [0.1, 0.15) is 0 Å². The smallest absolute Gasteiger partial charge is 0.248 e. The van der Waals surface area contributed by atoms with Crippen molar-refractivity contribution >= 4 is 23.1 Å². The van der Waals surface area contributed by atoms with Crippen LogP contribution in [0.4, 0.5) is 5.69 Å². The Morgan fingerprint density at radius 2 is 2.10 bits per heavy atom. The normalized spacial score (nSPS) is 25.3. The summed E-state index contributed by atoms with van der Waals surface area (Å²) in [7, 11) is 4.05. The predicted molar refractivity (Wildman–Crippen MR) is 111 cm³/mol. The van der Waals surface area contributed by atoms with Gasteiger partial charge in [-0.25, -0.2) is 5.48 Å². The molecule has 3 aliphatic rings. The van der Waals surface area contributed by atoms with Crippen LogP contribution in [0.15, 0.2) is 30.3 Å². The summed E-state index contributed by atoms with van der Waals surface area (Å²) in [5, 5.41) is 12.5. The first-order valence-electron chi connectivity index (χ1n) is 10.4. The van der Waals surface area contributed by atoms with E-state index in [1.165, 1.54) is 11.1 Å². The zero-order valence-corrected chi connectivity index (χ0v) is 17.1. The Balaban J connectivity index is 1.45. The van der Waals surface area contributed by atoms with Crippen molar-refractivity contribution in [1.29, 1.82) is 0 Å². The molecule has 2 atom stereocenters. The van der Waals surface area contributed by atoms with Gasteiger partial charge >= 0.3 is 0 Å². The van der Waals surface area contributed by atoms with Crippen LogP contribution in [0.5, 0.6) is 0 Å². The van der Waals surface area contributed by atoms with E-state index in [1.807, 2.05) is 19.0 Å². The molecule has 2 aliphatic heterocycles. The molecular formula is C22H30N4O3. The van der Waals surface area contributed by atoms with Gasteiger partial charge in [-0.15, -0.1) is 0 Å². The molecule has 7 nitrogen and oxygen atoms in total. The molecule has 29 heavy (non-hydrogen) atoms. The van der Waals surface area contributed by atoms with Crippen LogP contribution in [0.3, 0.4) is 0 Å². The molecule has 1 aromatic rings. The number of rotatable bonds is 4. The number of anilines is 1. The SMILES string of the molecule is CN(C)c1cccc(C2=CCN(C(=O)[C@H]3NCC4(CC4)C[C@@H]3C(=O)NO)CC2)c1. The zero-order valence-electron chi connectivity index (χ0n) is 17.1. The number of carbonyl (C=O) groups excluding carboxylic acids is 2. The minimum absolute atomic E-state index is 0.0496. The first-order chi connectivity index (χ1) is 13.9. The third-order valence-electron chi connectivity index (χ3n) is 6.68. The summed E-state index contributed by atoms with van der Waals surface area (Å²) < 4.78 is 0. The molecule has 7 heteroatoms. The third kappa shape index (κ3) is 4.02. The second-order valence-corrected chi connectivity index (χ2v) is 8.85. The second kappa shape index (κ2) is 7.80. The summed E-state index contributed by atoms with van der Waals surface area (Å²) in [4.78, 5) is 29.3. The van der Waals surface area contributed by atoms with Gasteiger partial charge < -0.3 is 15.1 Å².